The summed E-state index contributed by atoms with van der Waals surface area (Å²) in [7, 11) is 0. The van der Waals surface area contributed by atoms with Crippen molar-refractivity contribution in [3.63, 3.8) is 0 Å². The van der Waals surface area contributed by atoms with Crippen molar-refractivity contribution in [2.45, 2.75) is 31.7 Å². The Kier molecular flexibility index (Phi) is 3.25. The first kappa shape index (κ1) is 14.4. The van der Waals surface area contributed by atoms with Gasteiger partial charge in [-0.05, 0) is 43.1 Å². The van der Waals surface area contributed by atoms with E-state index in [0.29, 0.717) is 0 Å². The van der Waals surface area contributed by atoms with Crippen LogP contribution in [0.4, 0.5) is 0 Å². The van der Waals surface area contributed by atoms with Crippen molar-refractivity contribution in [1.82, 2.24) is 4.90 Å². The molecule has 2 saturated carbocycles. The van der Waals surface area contributed by atoms with E-state index >= 15 is 0 Å². The molecule has 23 heavy (non-hydrogen) atoms. The zero-order valence-corrected chi connectivity index (χ0v) is 12.7. The second-order valence-electron chi connectivity index (χ2n) is 6.96. The Labute approximate surface area is 134 Å². The first-order valence-electron chi connectivity index (χ1n) is 8.19. The van der Waals surface area contributed by atoms with Crippen LogP contribution in [0, 0.1) is 23.7 Å². The second-order valence-corrected chi connectivity index (χ2v) is 6.96. The largest absolute Gasteiger partial charge is 0.548 e. The van der Waals surface area contributed by atoms with Gasteiger partial charge in [-0.1, -0.05) is 30.3 Å². The average molecular weight is 312 g/mol. The van der Waals surface area contributed by atoms with Gasteiger partial charge in [0.2, 0.25) is 11.8 Å². The molecule has 0 spiro atoms. The summed E-state index contributed by atoms with van der Waals surface area (Å²) in [5.74, 6) is -2.02. The van der Waals surface area contributed by atoms with E-state index < -0.39 is 12.0 Å². The van der Waals surface area contributed by atoms with Crippen LogP contribution in [0.3, 0.4) is 0 Å². The van der Waals surface area contributed by atoms with Crippen molar-refractivity contribution in [1.29, 1.82) is 0 Å². The zero-order valence-electron chi connectivity index (χ0n) is 12.7. The maximum absolute atomic E-state index is 12.7. The average Bonchev–Trinajstić information content (AvgIpc) is 3.21. The number of fused-ring (bicyclic) bond motifs is 5. The number of rotatable bonds is 4. The molecule has 0 aromatic heterocycles. The predicted octanol–water partition coefficient (Wildman–Crippen LogP) is 0.379. The van der Waals surface area contributed by atoms with Gasteiger partial charge in [0.05, 0.1) is 23.8 Å². The molecule has 5 heteroatoms. The summed E-state index contributed by atoms with van der Waals surface area (Å²) in [5.41, 5.74) is 0.780. The molecule has 5 atom stereocenters. The second kappa shape index (κ2) is 5.18. The lowest BCUT2D eigenvalue weighted by molar-refractivity contribution is -0.310. The molecule has 2 bridgehead atoms. The van der Waals surface area contributed by atoms with E-state index in [1.807, 2.05) is 18.2 Å². The highest BCUT2D eigenvalue weighted by molar-refractivity contribution is 6.08. The van der Waals surface area contributed by atoms with E-state index in [9.17, 15) is 19.5 Å². The number of carboxylic acids is 1. The van der Waals surface area contributed by atoms with E-state index in [2.05, 4.69) is 0 Å². The molecular weight excluding hydrogens is 294 g/mol. The van der Waals surface area contributed by atoms with Gasteiger partial charge >= 0.3 is 0 Å². The SMILES string of the molecule is O=C([O-])[C@H](Cc1ccccc1)N1C(=O)[C@H]2[C@H]3CC[C@@H](C3)[C@@H]2C1=O. The number of aliphatic carboxylic acids is 1. The molecular formula is C18H18NO4-. The minimum Gasteiger partial charge on any atom is -0.548 e. The number of amides is 2. The quantitative estimate of drug-likeness (QED) is 0.753. The third-order valence-corrected chi connectivity index (χ3v) is 5.82. The van der Waals surface area contributed by atoms with Crippen molar-refractivity contribution >= 4 is 17.8 Å². The molecule has 0 radical (unpaired) electrons. The highest BCUT2D eigenvalue weighted by Gasteiger charge is 2.61. The fourth-order valence-corrected chi connectivity index (χ4v) is 4.86. The van der Waals surface area contributed by atoms with Crippen molar-refractivity contribution in [2.75, 3.05) is 0 Å². The summed E-state index contributed by atoms with van der Waals surface area (Å²) in [6.45, 7) is 0. The molecule has 120 valence electrons. The lowest BCUT2D eigenvalue weighted by atomic mass is 9.81. The van der Waals surface area contributed by atoms with Gasteiger partial charge in [-0.25, -0.2) is 0 Å². The van der Waals surface area contributed by atoms with Gasteiger partial charge in [0.15, 0.2) is 0 Å². The van der Waals surface area contributed by atoms with Crippen molar-refractivity contribution in [3.05, 3.63) is 35.9 Å². The van der Waals surface area contributed by atoms with Crippen molar-refractivity contribution < 1.29 is 19.5 Å². The first-order valence-corrected chi connectivity index (χ1v) is 8.19. The number of benzene rings is 1. The van der Waals surface area contributed by atoms with Gasteiger partial charge in [0.1, 0.15) is 0 Å². The predicted molar refractivity (Wildman–Crippen MR) is 78.6 cm³/mol. The highest BCUT2D eigenvalue weighted by Crippen LogP contribution is 2.56. The Morgan fingerprint density at radius 1 is 1.09 bits per heavy atom. The van der Waals surface area contributed by atoms with E-state index in [4.69, 9.17) is 0 Å². The van der Waals surface area contributed by atoms with Crippen LogP contribution >= 0.6 is 0 Å². The number of carbonyl (C=O) groups is 3. The number of carbonyl (C=O) groups excluding carboxylic acids is 3. The smallest absolute Gasteiger partial charge is 0.234 e. The number of imide groups is 1. The van der Waals surface area contributed by atoms with E-state index in [1.54, 1.807) is 12.1 Å². The normalized spacial score (nSPS) is 33.1. The molecule has 5 nitrogen and oxygen atoms in total. The summed E-state index contributed by atoms with van der Waals surface area (Å²) in [6.07, 6.45) is 3.01. The molecule has 3 fully saturated rings. The fourth-order valence-electron chi connectivity index (χ4n) is 4.86. The van der Waals surface area contributed by atoms with Crippen LogP contribution < -0.4 is 5.11 Å². The van der Waals surface area contributed by atoms with E-state index in [-0.39, 0.29) is 41.9 Å². The summed E-state index contributed by atoms with van der Waals surface area (Å²) in [6, 6.07) is 7.85. The minimum absolute atomic E-state index is 0.107. The Balaban J connectivity index is 1.63. The number of hydrogen-bond acceptors (Lipinski definition) is 4. The van der Waals surface area contributed by atoms with Crippen molar-refractivity contribution in [2.24, 2.45) is 23.7 Å². The van der Waals surface area contributed by atoms with Crippen LogP contribution in [0.15, 0.2) is 30.3 Å². The number of nitrogens with zero attached hydrogens (tertiary/aromatic N) is 1. The fraction of sp³-hybridized carbons (Fsp3) is 0.500. The molecule has 3 aliphatic rings. The molecule has 2 aliphatic carbocycles. The lowest BCUT2D eigenvalue weighted by Crippen LogP contribution is -2.52. The first-order chi connectivity index (χ1) is 11.1. The van der Waals surface area contributed by atoms with Crippen molar-refractivity contribution in [3.8, 4) is 0 Å². The Morgan fingerprint density at radius 3 is 2.17 bits per heavy atom. The van der Waals surface area contributed by atoms with E-state index in [1.165, 1.54) is 0 Å². The van der Waals surface area contributed by atoms with Gasteiger partial charge < -0.3 is 9.90 Å². The molecule has 1 aliphatic heterocycles. The Morgan fingerprint density at radius 2 is 1.65 bits per heavy atom. The molecule has 0 N–H and O–H groups in total. The molecule has 1 heterocycles. The number of likely N-dealkylation sites (tertiary alicyclic amines) is 1. The molecule has 1 aromatic rings. The number of hydrogen-bond donors (Lipinski definition) is 0. The molecule has 4 rings (SSSR count). The summed E-state index contributed by atoms with van der Waals surface area (Å²) in [5, 5.41) is 11.6. The molecule has 2 amide bonds. The van der Waals surface area contributed by atoms with Crippen LogP contribution in [0.1, 0.15) is 24.8 Å². The van der Waals surface area contributed by atoms with Crippen LogP contribution in [0.25, 0.3) is 0 Å². The summed E-state index contributed by atoms with van der Waals surface area (Å²) >= 11 is 0. The van der Waals surface area contributed by atoms with Crippen LogP contribution in [-0.2, 0) is 20.8 Å². The van der Waals surface area contributed by atoms with Gasteiger partial charge in [-0.2, -0.15) is 0 Å². The molecule has 1 saturated heterocycles. The summed E-state index contributed by atoms with van der Waals surface area (Å²) < 4.78 is 0. The standard InChI is InChI=1S/C18H19NO4/c20-16-14-11-6-7-12(9-11)15(14)17(21)19(16)13(18(22)23)8-10-4-2-1-3-5-10/h1-5,11-15H,6-9H2,(H,22,23)/p-1/t11-,12-,13-,14-,15-/m0/s1. The third kappa shape index (κ3) is 2.10. The highest BCUT2D eigenvalue weighted by atomic mass is 16.4. The van der Waals surface area contributed by atoms with Crippen LogP contribution in [0.2, 0.25) is 0 Å². The van der Waals surface area contributed by atoms with Crippen LogP contribution in [-0.4, -0.2) is 28.7 Å². The Hall–Kier alpha value is -2.17. The minimum atomic E-state index is -1.36. The van der Waals surface area contributed by atoms with Gasteiger partial charge in [0, 0.05) is 0 Å². The maximum Gasteiger partial charge on any atom is 0.234 e. The summed E-state index contributed by atoms with van der Waals surface area (Å²) in [4.78, 5) is 38.1. The number of carboxylic acid groups (broad SMARTS) is 1. The van der Waals surface area contributed by atoms with Crippen LogP contribution in [0.5, 0.6) is 0 Å². The van der Waals surface area contributed by atoms with Gasteiger partial charge in [-0.15, -0.1) is 0 Å². The van der Waals surface area contributed by atoms with E-state index in [0.717, 1.165) is 29.7 Å². The van der Waals surface area contributed by atoms with Gasteiger partial charge in [0.25, 0.3) is 0 Å². The topological polar surface area (TPSA) is 77.5 Å². The van der Waals surface area contributed by atoms with Gasteiger partial charge in [-0.3, -0.25) is 14.5 Å². The monoisotopic (exact) mass is 312 g/mol. The molecule has 1 aromatic carbocycles. The maximum atomic E-state index is 12.7. The third-order valence-electron chi connectivity index (χ3n) is 5.82. The zero-order chi connectivity index (χ0) is 16.1. The Bertz CT molecular complexity index is 643. The molecule has 0 unspecified atom stereocenters. The lowest BCUT2D eigenvalue weighted by Gasteiger charge is -2.28.